The minimum absolute atomic E-state index is 0.0422. The number of carbonyl (C=O) groups excluding carboxylic acids is 2. The Morgan fingerprint density at radius 2 is 1.88 bits per heavy atom. The van der Waals surface area contributed by atoms with Gasteiger partial charge >= 0.3 is 12.2 Å². The Labute approximate surface area is 156 Å². The summed E-state index contributed by atoms with van der Waals surface area (Å²) in [5, 5.41) is 3.27. The fraction of sp³-hybridized carbons (Fsp3) is 0.188. The van der Waals surface area contributed by atoms with Gasteiger partial charge in [0, 0.05) is 13.2 Å². The minimum Gasteiger partial charge on any atom is -0.341 e. The van der Waals surface area contributed by atoms with Gasteiger partial charge in [0.1, 0.15) is 10.3 Å². The summed E-state index contributed by atoms with van der Waals surface area (Å²) in [6.07, 6.45) is -3.93. The Morgan fingerprint density at radius 3 is 2.42 bits per heavy atom. The largest absolute Gasteiger partial charge is 0.417 e. The number of nitrogens with zero attached hydrogens (tertiary/aromatic N) is 1. The first-order chi connectivity index (χ1) is 12.2. The quantitative estimate of drug-likeness (QED) is 0.756. The molecule has 0 saturated carbocycles. The highest BCUT2D eigenvalue weighted by molar-refractivity contribution is 8.00. The average molecular weight is 404 g/mol. The predicted molar refractivity (Wildman–Crippen MR) is 91.9 cm³/mol. The molecule has 2 aromatic rings. The van der Waals surface area contributed by atoms with Gasteiger partial charge in [0.15, 0.2) is 0 Å². The van der Waals surface area contributed by atoms with Crippen LogP contribution in [0, 0.1) is 0 Å². The summed E-state index contributed by atoms with van der Waals surface area (Å²) in [4.78, 5) is 27.5. The first kappa shape index (κ1) is 20.1. The molecule has 0 aliphatic carbocycles. The minimum atomic E-state index is -4.57. The van der Waals surface area contributed by atoms with Crippen molar-refractivity contribution in [2.75, 3.05) is 7.05 Å². The monoisotopic (exact) mass is 403 g/mol. The van der Waals surface area contributed by atoms with Crippen LogP contribution in [0.25, 0.3) is 0 Å². The van der Waals surface area contributed by atoms with Crippen molar-refractivity contribution < 1.29 is 22.8 Å². The molecular weight excluding hydrogens is 391 g/mol. The first-order valence-corrected chi connectivity index (χ1v) is 8.45. The molecule has 1 atom stereocenters. The van der Waals surface area contributed by atoms with E-state index in [4.69, 9.17) is 11.6 Å². The van der Waals surface area contributed by atoms with Crippen LogP contribution in [-0.4, -0.2) is 24.0 Å². The summed E-state index contributed by atoms with van der Waals surface area (Å²) in [5.41, 5.74) is -0.449. The number of hydrogen-bond donors (Lipinski definition) is 2. The van der Waals surface area contributed by atoms with E-state index in [1.165, 1.54) is 7.05 Å². The number of halogens is 4. The molecule has 0 aliphatic heterocycles. The van der Waals surface area contributed by atoms with E-state index in [0.717, 1.165) is 17.8 Å². The maximum absolute atomic E-state index is 12.7. The highest BCUT2D eigenvalue weighted by Crippen LogP contribution is 2.39. The van der Waals surface area contributed by atoms with Gasteiger partial charge in [-0.15, -0.1) is 0 Å². The highest BCUT2D eigenvalue weighted by Gasteiger charge is 2.32. The molecule has 0 radical (unpaired) electrons. The van der Waals surface area contributed by atoms with Crippen LogP contribution in [-0.2, 0) is 11.0 Å². The van der Waals surface area contributed by atoms with Crippen molar-refractivity contribution in [1.82, 2.24) is 15.6 Å². The standard InChI is InChI=1S/C16H13ClF3N3O2S/c1-21-15(25)23-13(24)12(9-5-3-2-4-6-9)26-14-11(17)7-10(8-22-14)16(18,19)20/h2-8,12H,1H3,(H2,21,23,24,25)/t12-/m0/s1. The number of thioether (sulfide) groups is 1. The summed E-state index contributed by atoms with van der Waals surface area (Å²) < 4.78 is 38.2. The molecule has 0 spiro atoms. The molecule has 26 heavy (non-hydrogen) atoms. The maximum atomic E-state index is 12.7. The SMILES string of the molecule is CNC(=O)NC(=O)[C@@H](Sc1ncc(C(F)(F)F)cc1Cl)c1ccccc1. The second-order valence-corrected chi connectivity index (χ2v) is 6.49. The van der Waals surface area contributed by atoms with Crippen molar-refractivity contribution in [2.45, 2.75) is 16.5 Å². The van der Waals surface area contributed by atoms with Gasteiger partial charge in [-0.2, -0.15) is 13.2 Å². The second kappa shape index (κ2) is 8.41. The number of nitrogens with one attached hydrogen (secondary N) is 2. The molecule has 0 fully saturated rings. The van der Waals surface area contributed by atoms with Gasteiger partial charge in [-0.25, -0.2) is 9.78 Å². The molecule has 5 nitrogen and oxygen atoms in total. The van der Waals surface area contributed by atoms with Crippen molar-refractivity contribution in [3.63, 3.8) is 0 Å². The van der Waals surface area contributed by atoms with E-state index in [1.54, 1.807) is 30.3 Å². The van der Waals surface area contributed by atoms with Crippen LogP contribution < -0.4 is 10.6 Å². The molecule has 138 valence electrons. The number of alkyl halides is 3. The van der Waals surface area contributed by atoms with E-state index in [2.05, 4.69) is 15.6 Å². The van der Waals surface area contributed by atoms with Gasteiger partial charge in [-0.05, 0) is 11.6 Å². The number of urea groups is 1. The van der Waals surface area contributed by atoms with Crippen LogP contribution in [0.2, 0.25) is 5.02 Å². The van der Waals surface area contributed by atoms with E-state index < -0.39 is 28.9 Å². The van der Waals surface area contributed by atoms with E-state index in [9.17, 15) is 22.8 Å². The molecule has 2 N–H and O–H groups in total. The van der Waals surface area contributed by atoms with Crippen LogP contribution >= 0.6 is 23.4 Å². The van der Waals surface area contributed by atoms with Crippen LogP contribution in [0.5, 0.6) is 0 Å². The molecule has 1 aromatic carbocycles. The smallest absolute Gasteiger partial charge is 0.341 e. The van der Waals surface area contributed by atoms with Crippen LogP contribution in [0.3, 0.4) is 0 Å². The van der Waals surface area contributed by atoms with Gasteiger partial charge in [-0.3, -0.25) is 10.1 Å². The van der Waals surface area contributed by atoms with Gasteiger partial charge in [0.25, 0.3) is 0 Å². The number of pyridine rings is 1. The Morgan fingerprint density at radius 1 is 1.23 bits per heavy atom. The summed E-state index contributed by atoms with van der Waals surface area (Å²) in [6, 6.07) is 8.47. The third kappa shape index (κ3) is 5.12. The van der Waals surface area contributed by atoms with E-state index in [0.29, 0.717) is 11.8 Å². The van der Waals surface area contributed by atoms with Crippen LogP contribution in [0.15, 0.2) is 47.6 Å². The molecule has 0 aliphatic rings. The molecule has 3 amide bonds. The number of rotatable bonds is 4. The zero-order chi connectivity index (χ0) is 19.3. The van der Waals surface area contributed by atoms with Crippen LogP contribution in [0.1, 0.15) is 16.4 Å². The normalized spacial score (nSPS) is 12.3. The third-order valence-electron chi connectivity index (χ3n) is 3.17. The number of hydrogen-bond acceptors (Lipinski definition) is 4. The van der Waals surface area contributed by atoms with Crippen molar-refractivity contribution in [2.24, 2.45) is 0 Å². The topological polar surface area (TPSA) is 71.1 Å². The van der Waals surface area contributed by atoms with Gasteiger partial charge in [0.2, 0.25) is 5.91 Å². The first-order valence-electron chi connectivity index (χ1n) is 7.19. The highest BCUT2D eigenvalue weighted by atomic mass is 35.5. The Hall–Kier alpha value is -2.26. The van der Waals surface area contributed by atoms with E-state index >= 15 is 0 Å². The predicted octanol–water partition coefficient (Wildman–Crippen LogP) is 4.04. The lowest BCUT2D eigenvalue weighted by molar-refractivity contribution is -0.137. The van der Waals surface area contributed by atoms with Gasteiger partial charge < -0.3 is 5.32 Å². The van der Waals surface area contributed by atoms with Crippen molar-refractivity contribution >= 4 is 35.3 Å². The van der Waals surface area contributed by atoms with E-state index in [-0.39, 0.29) is 10.0 Å². The molecule has 1 heterocycles. The zero-order valence-electron chi connectivity index (χ0n) is 13.3. The second-order valence-electron chi connectivity index (χ2n) is 4.99. The molecular formula is C16H13ClF3N3O2S. The van der Waals surface area contributed by atoms with Crippen molar-refractivity contribution in [3.05, 3.63) is 58.7 Å². The van der Waals surface area contributed by atoms with Crippen molar-refractivity contribution in [3.8, 4) is 0 Å². The van der Waals surface area contributed by atoms with Gasteiger partial charge in [-0.1, -0.05) is 53.7 Å². The Bertz CT molecular complexity index is 803. The number of benzene rings is 1. The molecule has 10 heteroatoms. The fourth-order valence-corrected chi connectivity index (χ4v) is 3.19. The van der Waals surface area contributed by atoms with Crippen LogP contribution in [0.4, 0.5) is 18.0 Å². The number of carbonyl (C=O) groups is 2. The fourth-order valence-electron chi connectivity index (χ4n) is 1.92. The lowest BCUT2D eigenvalue weighted by Crippen LogP contribution is -2.39. The Kier molecular flexibility index (Phi) is 6.49. The third-order valence-corrected chi connectivity index (χ3v) is 4.84. The van der Waals surface area contributed by atoms with E-state index in [1.807, 2.05) is 0 Å². The Balaban J connectivity index is 2.32. The lowest BCUT2D eigenvalue weighted by Gasteiger charge is -2.17. The molecule has 1 aromatic heterocycles. The molecule has 2 rings (SSSR count). The molecule has 0 saturated heterocycles. The molecule has 0 bridgehead atoms. The average Bonchev–Trinajstić information content (AvgIpc) is 2.60. The maximum Gasteiger partial charge on any atom is 0.417 e. The number of aromatic nitrogens is 1. The summed E-state index contributed by atoms with van der Waals surface area (Å²) in [6.45, 7) is 0. The zero-order valence-corrected chi connectivity index (χ0v) is 14.9. The number of amides is 3. The number of imide groups is 1. The van der Waals surface area contributed by atoms with Gasteiger partial charge in [0.05, 0.1) is 10.6 Å². The summed E-state index contributed by atoms with van der Waals surface area (Å²) in [7, 11) is 1.35. The lowest BCUT2D eigenvalue weighted by atomic mass is 10.1. The molecule has 0 unspecified atom stereocenters. The van der Waals surface area contributed by atoms with Crippen molar-refractivity contribution in [1.29, 1.82) is 0 Å². The summed E-state index contributed by atoms with van der Waals surface area (Å²) >= 11 is 6.76. The summed E-state index contributed by atoms with van der Waals surface area (Å²) in [5.74, 6) is -0.654.